The molecule has 0 spiro atoms. The molecule has 33 heavy (non-hydrogen) atoms. The van der Waals surface area contributed by atoms with Crippen LogP contribution in [0.5, 0.6) is 0 Å². The molecule has 2 aromatic heterocycles. The Labute approximate surface area is 191 Å². The third-order valence-corrected chi connectivity index (χ3v) is 4.56. The van der Waals surface area contributed by atoms with Crippen molar-refractivity contribution in [3.8, 4) is 0 Å². The lowest BCUT2D eigenvalue weighted by Gasteiger charge is -2.14. The highest BCUT2D eigenvalue weighted by Crippen LogP contribution is 2.35. The number of pyridine rings is 1. The molecular formula is C25H27F3N4O. The second-order valence-electron chi connectivity index (χ2n) is 6.98. The van der Waals surface area contributed by atoms with Gasteiger partial charge in [-0.3, -0.25) is 9.48 Å². The van der Waals surface area contributed by atoms with Crippen LogP contribution in [-0.4, -0.2) is 20.5 Å². The van der Waals surface area contributed by atoms with Crippen LogP contribution < -0.4 is 5.32 Å². The largest absolute Gasteiger partial charge is 0.416 e. The van der Waals surface area contributed by atoms with Crippen LogP contribution in [0.3, 0.4) is 0 Å². The minimum Gasteiger partial charge on any atom is -0.325 e. The topological polar surface area (TPSA) is 59.8 Å². The van der Waals surface area contributed by atoms with E-state index in [4.69, 9.17) is 0 Å². The van der Waals surface area contributed by atoms with E-state index in [-0.39, 0.29) is 11.3 Å². The Hall–Kier alpha value is -3.68. The fourth-order valence-corrected chi connectivity index (χ4v) is 3.12. The van der Waals surface area contributed by atoms with Crippen molar-refractivity contribution >= 4 is 28.6 Å². The van der Waals surface area contributed by atoms with Gasteiger partial charge in [-0.25, -0.2) is 4.98 Å². The monoisotopic (exact) mass is 456 g/mol. The molecule has 0 radical (unpaired) electrons. The molecule has 3 rings (SSSR count). The van der Waals surface area contributed by atoms with E-state index in [9.17, 15) is 18.0 Å². The highest BCUT2D eigenvalue weighted by atomic mass is 19.4. The van der Waals surface area contributed by atoms with Crippen molar-refractivity contribution in [1.29, 1.82) is 0 Å². The summed E-state index contributed by atoms with van der Waals surface area (Å²) in [5, 5.41) is 7.20. The Morgan fingerprint density at radius 2 is 1.73 bits per heavy atom. The molecule has 8 heteroatoms. The molecule has 0 saturated carbocycles. The van der Waals surface area contributed by atoms with Crippen LogP contribution in [0.2, 0.25) is 0 Å². The third-order valence-electron chi connectivity index (χ3n) is 4.56. The van der Waals surface area contributed by atoms with Gasteiger partial charge in [0.25, 0.3) is 0 Å². The van der Waals surface area contributed by atoms with Crippen LogP contribution in [0, 0.1) is 0 Å². The molecular weight excluding hydrogens is 429 g/mol. The summed E-state index contributed by atoms with van der Waals surface area (Å²) in [6, 6.07) is 10.6. The van der Waals surface area contributed by atoms with Gasteiger partial charge in [-0.1, -0.05) is 38.1 Å². The molecule has 0 atom stereocenters. The lowest BCUT2D eigenvalue weighted by Crippen LogP contribution is -2.08. The number of benzene rings is 1. The summed E-state index contributed by atoms with van der Waals surface area (Å²) >= 11 is 0. The van der Waals surface area contributed by atoms with Crippen molar-refractivity contribution in [3.63, 3.8) is 0 Å². The van der Waals surface area contributed by atoms with E-state index in [0.29, 0.717) is 28.3 Å². The highest BCUT2D eigenvalue weighted by Gasteiger charge is 2.33. The van der Waals surface area contributed by atoms with E-state index < -0.39 is 11.7 Å². The summed E-state index contributed by atoms with van der Waals surface area (Å²) in [7, 11) is 1.78. The molecule has 0 aliphatic heterocycles. The predicted octanol–water partition coefficient (Wildman–Crippen LogP) is 6.68. The van der Waals surface area contributed by atoms with E-state index in [0.717, 1.165) is 6.07 Å². The quantitative estimate of drug-likeness (QED) is 0.332. The van der Waals surface area contributed by atoms with Gasteiger partial charge < -0.3 is 5.32 Å². The normalized spacial score (nSPS) is 12.1. The Morgan fingerprint density at radius 1 is 1.03 bits per heavy atom. The molecule has 0 saturated heterocycles. The lowest BCUT2D eigenvalue weighted by molar-refractivity contribution is -0.137. The number of nitrogens with one attached hydrogen (secondary N) is 1. The summed E-state index contributed by atoms with van der Waals surface area (Å²) in [5.41, 5.74) is 0.848. The fourth-order valence-electron chi connectivity index (χ4n) is 3.12. The van der Waals surface area contributed by atoms with Gasteiger partial charge in [0.2, 0.25) is 0 Å². The maximum Gasteiger partial charge on any atom is 0.416 e. The van der Waals surface area contributed by atoms with Crippen molar-refractivity contribution in [2.75, 3.05) is 5.32 Å². The first-order chi connectivity index (χ1) is 15.6. The van der Waals surface area contributed by atoms with Crippen LogP contribution >= 0.6 is 0 Å². The zero-order valence-electron chi connectivity index (χ0n) is 19.2. The Balaban J connectivity index is 0.00000187. The van der Waals surface area contributed by atoms with Crippen LogP contribution in [0.25, 0.3) is 11.1 Å². The van der Waals surface area contributed by atoms with E-state index in [1.807, 2.05) is 13.8 Å². The molecule has 1 N–H and O–H groups in total. The molecule has 0 bridgehead atoms. The summed E-state index contributed by atoms with van der Waals surface area (Å²) in [6.07, 6.45) is 1.69. The fraction of sp³-hybridized carbons (Fsp3) is 0.240. The predicted molar refractivity (Wildman–Crippen MR) is 126 cm³/mol. The average molecular weight is 457 g/mol. The third kappa shape index (κ3) is 6.90. The molecule has 5 nitrogen and oxygen atoms in total. The van der Waals surface area contributed by atoms with Crippen LogP contribution in [0.1, 0.15) is 44.4 Å². The van der Waals surface area contributed by atoms with E-state index in [1.165, 1.54) is 25.1 Å². The van der Waals surface area contributed by atoms with Gasteiger partial charge >= 0.3 is 6.18 Å². The lowest BCUT2D eigenvalue weighted by atomic mass is 9.96. The standard InChI is InChI=1S/C23H21F3N4O.C2H6/c1-15(19-6-4-5-7-20(19)23(24,25)26)12-18(13-16(2)31)17-8-10-27-21(14-17)29-22-9-11-28-30(22)3;1-2/h4-14H,1-3H3,(H,27,29);1-2H3/b15-12+,18-13+;. The molecule has 2 heterocycles. The van der Waals surface area contributed by atoms with Crippen molar-refractivity contribution in [2.45, 2.75) is 33.9 Å². The first-order valence-electron chi connectivity index (χ1n) is 10.4. The minimum absolute atomic E-state index is 0.0618. The van der Waals surface area contributed by atoms with E-state index >= 15 is 0 Å². The zero-order chi connectivity index (χ0) is 24.6. The zero-order valence-corrected chi connectivity index (χ0v) is 19.2. The number of allylic oxidation sites excluding steroid dienone is 4. The highest BCUT2D eigenvalue weighted by molar-refractivity contribution is 5.99. The number of ketones is 1. The molecule has 0 amide bonds. The number of halogens is 3. The maximum absolute atomic E-state index is 13.4. The van der Waals surface area contributed by atoms with Gasteiger partial charge in [0.15, 0.2) is 5.78 Å². The number of hydrogen-bond acceptors (Lipinski definition) is 4. The van der Waals surface area contributed by atoms with Gasteiger partial charge in [-0.2, -0.15) is 18.3 Å². The van der Waals surface area contributed by atoms with Crippen LogP contribution in [0.15, 0.2) is 67.0 Å². The number of nitrogens with zero attached hydrogens (tertiary/aromatic N) is 3. The first-order valence-corrected chi connectivity index (χ1v) is 10.4. The average Bonchev–Trinajstić information content (AvgIpc) is 3.18. The van der Waals surface area contributed by atoms with Gasteiger partial charge in [-0.05, 0) is 60.4 Å². The number of hydrogen-bond donors (Lipinski definition) is 1. The number of carbonyl (C=O) groups is 1. The van der Waals surface area contributed by atoms with Crippen molar-refractivity contribution in [3.05, 3.63) is 83.7 Å². The number of anilines is 2. The second-order valence-corrected chi connectivity index (χ2v) is 6.98. The number of aromatic nitrogens is 3. The maximum atomic E-state index is 13.4. The number of carbonyl (C=O) groups excluding carboxylic acids is 1. The summed E-state index contributed by atoms with van der Waals surface area (Å²) in [6.45, 7) is 6.98. The number of alkyl halides is 3. The van der Waals surface area contributed by atoms with Crippen molar-refractivity contribution in [1.82, 2.24) is 14.8 Å². The molecule has 174 valence electrons. The summed E-state index contributed by atoms with van der Waals surface area (Å²) in [5.74, 6) is 1.01. The SMILES string of the molecule is CC.CC(=O)/C=C(\C=C(/C)c1ccccc1C(F)(F)F)c1ccnc(Nc2ccnn2C)c1. The molecule has 1 aromatic carbocycles. The summed E-state index contributed by atoms with van der Waals surface area (Å²) < 4.78 is 41.9. The van der Waals surface area contributed by atoms with Gasteiger partial charge in [0.1, 0.15) is 11.6 Å². The van der Waals surface area contributed by atoms with Gasteiger partial charge in [-0.15, -0.1) is 0 Å². The van der Waals surface area contributed by atoms with E-state index in [2.05, 4.69) is 15.4 Å². The van der Waals surface area contributed by atoms with Crippen LogP contribution in [0.4, 0.5) is 24.8 Å². The minimum atomic E-state index is -4.48. The molecule has 0 aliphatic rings. The molecule has 0 fully saturated rings. The number of rotatable bonds is 6. The van der Waals surface area contributed by atoms with Crippen LogP contribution in [-0.2, 0) is 18.0 Å². The number of aryl methyl sites for hydroxylation is 1. The molecule has 3 aromatic rings. The van der Waals surface area contributed by atoms with Gasteiger partial charge in [0, 0.05) is 19.3 Å². The Bertz CT molecular complexity index is 1160. The Kier molecular flexibility index (Phi) is 8.73. The summed E-state index contributed by atoms with van der Waals surface area (Å²) in [4.78, 5) is 16.1. The molecule has 0 aliphatic carbocycles. The first kappa shape index (κ1) is 25.6. The second kappa shape index (κ2) is 11.3. The van der Waals surface area contributed by atoms with Gasteiger partial charge in [0.05, 0.1) is 11.8 Å². The smallest absolute Gasteiger partial charge is 0.325 e. The van der Waals surface area contributed by atoms with Crippen molar-refractivity contribution < 1.29 is 18.0 Å². The Morgan fingerprint density at radius 3 is 2.33 bits per heavy atom. The van der Waals surface area contributed by atoms with Crippen molar-refractivity contribution in [2.24, 2.45) is 7.05 Å². The molecule has 0 unspecified atom stereocenters. The van der Waals surface area contributed by atoms with E-state index in [1.54, 1.807) is 61.4 Å².